The summed E-state index contributed by atoms with van der Waals surface area (Å²) in [4.78, 5) is 35.0. The highest BCUT2D eigenvalue weighted by Crippen LogP contribution is 2.24. The molecule has 7 heteroatoms. The van der Waals surface area contributed by atoms with Crippen LogP contribution < -0.4 is 4.90 Å². The number of piperazine rings is 1. The van der Waals surface area contributed by atoms with Crippen LogP contribution in [0, 0.1) is 6.57 Å². The average Bonchev–Trinajstić information content (AvgIpc) is 2.78. The van der Waals surface area contributed by atoms with Gasteiger partial charge in [-0.2, -0.15) is 0 Å². The molecule has 1 aromatic carbocycles. The van der Waals surface area contributed by atoms with E-state index in [9.17, 15) is 9.59 Å². The third-order valence-electron chi connectivity index (χ3n) is 5.07. The van der Waals surface area contributed by atoms with Crippen molar-refractivity contribution in [1.29, 1.82) is 0 Å². The Labute approximate surface area is 177 Å². The quantitative estimate of drug-likeness (QED) is 0.495. The Morgan fingerprint density at radius 1 is 1.07 bits per heavy atom. The highest BCUT2D eigenvalue weighted by Gasteiger charge is 2.18. The number of pyridine rings is 1. The van der Waals surface area contributed by atoms with Gasteiger partial charge in [0.05, 0.1) is 6.57 Å². The predicted octanol–water partition coefficient (Wildman–Crippen LogP) is 3.33. The maximum Gasteiger partial charge on any atom is 0.306 e. The average molecular weight is 406 g/mol. The fraction of sp³-hybridized carbons (Fsp3) is 0.391. The number of Topliss-reactive ketones (excluding diaryl/α,β-unsaturated/α-hetero) is 1. The number of carbonyl (C=O) groups excluding carboxylic acids is 2. The molecule has 0 saturated carbocycles. The second kappa shape index (κ2) is 10.5. The first-order chi connectivity index (χ1) is 14.5. The van der Waals surface area contributed by atoms with Crippen LogP contribution in [0.5, 0.6) is 0 Å². The summed E-state index contributed by atoms with van der Waals surface area (Å²) in [6.07, 6.45) is 2.95. The van der Waals surface area contributed by atoms with Gasteiger partial charge in [0.25, 0.3) is 0 Å². The SMILES string of the molecule is [C-]#[N+]c1ccc(-c2ccc(N3CCN(CCCC(=O)OCC(C)=O)CC3)nc2)cc1. The Morgan fingerprint density at radius 3 is 2.37 bits per heavy atom. The standard InChI is InChI=1S/C23H26N4O3/c1-18(28)17-30-23(29)4-3-11-26-12-14-27(15-13-26)22-10-7-20(16-25-22)19-5-8-21(24-2)9-6-19/h5-10,16H,3-4,11-15,17H2,1H3. The number of benzene rings is 1. The number of anilines is 1. The molecule has 1 fully saturated rings. The zero-order chi connectivity index (χ0) is 21.3. The molecular formula is C23H26N4O3. The lowest BCUT2D eigenvalue weighted by atomic mass is 10.1. The second-order valence-electron chi connectivity index (χ2n) is 7.36. The van der Waals surface area contributed by atoms with Gasteiger partial charge in [0.2, 0.25) is 0 Å². The highest BCUT2D eigenvalue weighted by atomic mass is 16.5. The van der Waals surface area contributed by atoms with E-state index >= 15 is 0 Å². The van der Waals surface area contributed by atoms with Crippen molar-refractivity contribution in [3.8, 4) is 11.1 Å². The summed E-state index contributed by atoms with van der Waals surface area (Å²) in [6.45, 7) is 12.8. The maximum atomic E-state index is 11.6. The van der Waals surface area contributed by atoms with Gasteiger partial charge in [-0.3, -0.25) is 14.5 Å². The Morgan fingerprint density at radius 2 is 1.77 bits per heavy atom. The first-order valence-corrected chi connectivity index (χ1v) is 10.1. The van der Waals surface area contributed by atoms with E-state index in [1.807, 2.05) is 36.5 Å². The van der Waals surface area contributed by atoms with Crippen molar-refractivity contribution in [2.45, 2.75) is 19.8 Å². The van der Waals surface area contributed by atoms with E-state index in [1.165, 1.54) is 6.92 Å². The van der Waals surface area contributed by atoms with Gasteiger partial charge in [-0.05, 0) is 37.6 Å². The fourth-order valence-corrected chi connectivity index (χ4v) is 3.37. The van der Waals surface area contributed by atoms with Gasteiger partial charge < -0.3 is 9.64 Å². The Kier molecular flexibility index (Phi) is 7.52. The van der Waals surface area contributed by atoms with E-state index in [-0.39, 0.29) is 18.4 Å². The number of hydrogen-bond donors (Lipinski definition) is 0. The second-order valence-corrected chi connectivity index (χ2v) is 7.36. The number of aromatic nitrogens is 1. The molecule has 0 atom stereocenters. The molecule has 1 aliphatic rings. The van der Waals surface area contributed by atoms with E-state index in [0.29, 0.717) is 12.1 Å². The summed E-state index contributed by atoms with van der Waals surface area (Å²) in [6, 6.07) is 11.6. The molecule has 7 nitrogen and oxygen atoms in total. The van der Waals surface area contributed by atoms with Crippen molar-refractivity contribution < 1.29 is 14.3 Å². The summed E-state index contributed by atoms with van der Waals surface area (Å²) in [7, 11) is 0. The molecule has 1 saturated heterocycles. The van der Waals surface area contributed by atoms with Crippen LogP contribution in [-0.2, 0) is 14.3 Å². The van der Waals surface area contributed by atoms with Crippen molar-refractivity contribution in [3.63, 3.8) is 0 Å². The smallest absolute Gasteiger partial charge is 0.306 e. The summed E-state index contributed by atoms with van der Waals surface area (Å²) in [5.74, 6) is 0.514. The van der Waals surface area contributed by atoms with Crippen LogP contribution in [0.15, 0.2) is 42.6 Å². The van der Waals surface area contributed by atoms with Crippen molar-refractivity contribution in [1.82, 2.24) is 9.88 Å². The molecule has 1 aromatic heterocycles. The number of hydrogen-bond acceptors (Lipinski definition) is 6. The molecule has 3 rings (SSSR count). The molecule has 2 aromatic rings. The van der Waals surface area contributed by atoms with E-state index < -0.39 is 0 Å². The van der Waals surface area contributed by atoms with Crippen LogP contribution in [0.25, 0.3) is 16.0 Å². The van der Waals surface area contributed by atoms with Crippen LogP contribution >= 0.6 is 0 Å². The molecular weight excluding hydrogens is 380 g/mol. The fourth-order valence-electron chi connectivity index (χ4n) is 3.37. The highest BCUT2D eigenvalue weighted by molar-refractivity contribution is 5.80. The van der Waals surface area contributed by atoms with Gasteiger partial charge in [-0.15, -0.1) is 0 Å². The minimum Gasteiger partial charge on any atom is -0.458 e. The minimum absolute atomic E-state index is 0.129. The van der Waals surface area contributed by atoms with Crippen molar-refractivity contribution >= 4 is 23.3 Å². The molecule has 0 bridgehead atoms. The van der Waals surface area contributed by atoms with Crippen molar-refractivity contribution in [2.75, 3.05) is 44.2 Å². The zero-order valence-corrected chi connectivity index (χ0v) is 17.2. The van der Waals surface area contributed by atoms with Gasteiger partial charge in [0.1, 0.15) is 12.4 Å². The molecule has 156 valence electrons. The van der Waals surface area contributed by atoms with E-state index in [2.05, 4.69) is 25.7 Å². The number of nitrogens with zero attached hydrogens (tertiary/aromatic N) is 4. The third-order valence-corrected chi connectivity index (χ3v) is 5.07. The lowest BCUT2D eigenvalue weighted by Gasteiger charge is -2.35. The molecule has 0 spiro atoms. The molecule has 0 radical (unpaired) electrons. The number of ketones is 1. The number of carbonyl (C=O) groups is 2. The Bertz CT molecular complexity index is 896. The monoisotopic (exact) mass is 406 g/mol. The van der Waals surface area contributed by atoms with Crippen LogP contribution in [0.4, 0.5) is 11.5 Å². The Hall–Kier alpha value is -3.24. The Balaban J connectivity index is 1.43. The first-order valence-electron chi connectivity index (χ1n) is 10.1. The van der Waals surface area contributed by atoms with E-state index in [0.717, 1.165) is 56.1 Å². The topological polar surface area (TPSA) is 67.1 Å². The van der Waals surface area contributed by atoms with Gasteiger partial charge in [0.15, 0.2) is 11.5 Å². The lowest BCUT2D eigenvalue weighted by molar-refractivity contribution is -0.147. The molecule has 0 aliphatic carbocycles. The summed E-state index contributed by atoms with van der Waals surface area (Å²) >= 11 is 0. The number of ether oxygens (including phenoxy) is 1. The molecule has 1 aliphatic heterocycles. The van der Waals surface area contributed by atoms with E-state index in [1.54, 1.807) is 0 Å². The molecule has 0 unspecified atom stereocenters. The van der Waals surface area contributed by atoms with Crippen molar-refractivity contribution in [3.05, 3.63) is 54.0 Å². The zero-order valence-electron chi connectivity index (χ0n) is 17.2. The largest absolute Gasteiger partial charge is 0.458 e. The molecule has 0 amide bonds. The minimum atomic E-state index is -0.308. The molecule has 2 heterocycles. The van der Waals surface area contributed by atoms with Gasteiger partial charge in [-0.25, -0.2) is 9.83 Å². The van der Waals surface area contributed by atoms with Crippen LogP contribution in [-0.4, -0.2) is 61.0 Å². The third kappa shape index (κ3) is 6.13. The van der Waals surface area contributed by atoms with Gasteiger partial charge in [0, 0.05) is 44.4 Å². The summed E-state index contributed by atoms with van der Waals surface area (Å²) < 4.78 is 4.88. The lowest BCUT2D eigenvalue weighted by Crippen LogP contribution is -2.47. The van der Waals surface area contributed by atoms with Crippen molar-refractivity contribution in [2.24, 2.45) is 0 Å². The van der Waals surface area contributed by atoms with Crippen LogP contribution in [0.3, 0.4) is 0 Å². The summed E-state index contributed by atoms with van der Waals surface area (Å²) in [5.41, 5.74) is 2.72. The predicted molar refractivity (Wildman–Crippen MR) is 115 cm³/mol. The van der Waals surface area contributed by atoms with Gasteiger partial charge >= 0.3 is 5.97 Å². The molecule has 30 heavy (non-hydrogen) atoms. The number of rotatable bonds is 8. The molecule has 0 N–H and O–H groups in total. The normalized spacial score (nSPS) is 14.2. The summed E-state index contributed by atoms with van der Waals surface area (Å²) in [5, 5.41) is 0. The van der Waals surface area contributed by atoms with E-state index in [4.69, 9.17) is 11.3 Å². The van der Waals surface area contributed by atoms with Gasteiger partial charge in [-0.1, -0.05) is 24.3 Å². The number of esters is 1. The van der Waals surface area contributed by atoms with Crippen LogP contribution in [0.1, 0.15) is 19.8 Å². The maximum absolute atomic E-state index is 11.6. The first kappa shape index (κ1) is 21.5. The van der Waals surface area contributed by atoms with Crippen LogP contribution in [0.2, 0.25) is 0 Å².